The van der Waals surface area contributed by atoms with Crippen LogP contribution in [0, 0.1) is 5.92 Å². The van der Waals surface area contributed by atoms with Crippen LogP contribution in [-0.2, 0) is 6.42 Å². The van der Waals surface area contributed by atoms with Gasteiger partial charge in [-0.3, -0.25) is 0 Å². The Morgan fingerprint density at radius 3 is 2.39 bits per heavy atom. The van der Waals surface area contributed by atoms with Crippen LogP contribution in [0.4, 0.5) is 0 Å². The number of halogens is 1. The van der Waals surface area contributed by atoms with Crippen molar-refractivity contribution in [2.24, 2.45) is 5.92 Å². The van der Waals surface area contributed by atoms with Gasteiger partial charge in [-0.05, 0) is 36.5 Å². The third-order valence-corrected chi connectivity index (χ3v) is 3.79. The maximum absolute atomic E-state index is 10.1. The number of hydrogen-bond donors (Lipinski definition) is 1. The lowest BCUT2D eigenvalue weighted by atomic mass is 9.91. The van der Waals surface area contributed by atoms with Crippen LogP contribution in [0.15, 0.2) is 24.3 Å². The van der Waals surface area contributed by atoms with E-state index >= 15 is 0 Å². The average molecular weight is 269 g/mol. The highest BCUT2D eigenvalue weighted by molar-refractivity contribution is 6.30. The first kappa shape index (κ1) is 15.5. The number of unbranched alkanes of at least 4 members (excludes halogenated alkanes) is 1. The summed E-state index contributed by atoms with van der Waals surface area (Å²) >= 11 is 5.85. The Labute approximate surface area is 116 Å². The number of hydrogen-bond acceptors (Lipinski definition) is 1. The van der Waals surface area contributed by atoms with E-state index in [-0.39, 0.29) is 6.10 Å². The SMILES string of the molecule is CCCCC(CC)CC(O)Cc1ccc(Cl)cc1. The molecule has 0 aliphatic heterocycles. The molecule has 2 atom stereocenters. The minimum Gasteiger partial charge on any atom is -0.393 e. The molecule has 18 heavy (non-hydrogen) atoms. The topological polar surface area (TPSA) is 20.2 Å². The molecule has 0 fully saturated rings. The smallest absolute Gasteiger partial charge is 0.0583 e. The summed E-state index contributed by atoms with van der Waals surface area (Å²) in [6, 6.07) is 7.77. The van der Waals surface area contributed by atoms with E-state index in [2.05, 4.69) is 13.8 Å². The van der Waals surface area contributed by atoms with Crippen LogP contribution >= 0.6 is 11.6 Å². The van der Waals surface area contributed by atoms with E-state index in [0.717, 1.165) is 29.8 Å². The molecule has 0 aliphatic rings. The molecule has 0 aliphatic carbocycles. The Bertz CT molecular complexity index is 320. The van der Waals surface area contributed by atoms with E-state index in [4.69, 9.17) is 11.6 Å². The zero-order valence-corrected chi connectivity index (χ0v) is 12.3. The lowest BCUT2D eigenvalue weighted by Gasteiger charge is -2.18. The van der Waals surface area contributed by atoms with E-state index in [9.17, 15) is 5.11 Å². The van der Waals surface area contributed by atoms with Crippen molar-refractivity contribution in [2.75, 3.05) is 0 Å². The van der Waals surface area contributed by atoms with E-state index in [1.165, 1.54) is 19.3 Å². The van der Waals surface area contributed by atoms with Crippen molar-refractivity contribution in [3.8, 4) is 0 Å². The second kappa shape index (κ2) is 8.55. The summed E-state index contributed by atoms with van der Waals surface area (Å²) < 4.78 is 0. The molecular weight excluding hydrogens is 244 g/mol. The summed E-state index contributed by atoms with van der Waals surface area (Å²) in [6.45, 7) is 4.44. The zero-order valence-electron chi connectivity index (χ0n) is 11.5. The normalized spacial score (nSPS) is 14.4. The summed E-state index contributed by atoms with van der Waals surface area (Å²) in [7, 11) is 0. The van der Waals surface area contributed by atoms with Crippen molar-refractivity contribution in [3.63, 3.8) is 0 Å². The van der Waals surface area contributed by atoms with Crippen LogP contribution < -0.4 is 0 Å². The molecule has 0 radical (unpaired) electrons. The summed E-state index contributed by atoms with van der Waals surface area (Å²) in [5.74, 6) is 0.659. The average Bonchev–Trinajstić information content (AvgIpc) is 2.37. The lowest BCUT2D eigenvalue weighted by molar-refractivity contribution is 0.137. The van der Waals surface area contributed by atoms with Crippen molar-refractivity contribution < 1.29 is 5.11 Å². The molecule has 2 unspecified atom stereocenters. The molecule has 1 aromatic carbocycles. The molecule has 0 saturated heterocycles. The lowest BCUT2D eigenvalue weighted by Crippen LogP contribution is -2.16. The van der Waals surface area contributed by atoms with Gasteiger partial charge in [0.25, 0.3) is 0 Å². The van der Waals surface area contributed by atoms with Gasteiger partial charge in [0.05, 0.1) is 6.10 Å². The molecule has 1 N–H and O–H groups in total. The number of benzene rings is 1. The van der Waals surface area contributed by atoms with E-state index in [1.807, 2.05) is 24.3 Å². The van der Waals surface area contributed by atoms with Crippen LogP contribution in [0.5, 0.6) is 0 Å². The molecule has 0 amide bonds. The highest BCUT2D eigenvalue weighted by Gasteiger charge is 2.13. The summed E-state index contributed by atoms with van der Waals surface area (Å²) in [5.41, 5.74) is 1.16. The number of aliphatic hydroxyl groups excluding tert-OH is 1. The highest BCUT2D eigenvalue weighted by Crippen LogP contribution is 2.20. The first-order valence-electron chi connectivity index (χ1n) is 7.08. The third-order valence-electron chi connectivity index (χ3n) is 3.53. The summed E-state index contributed by atoms with van der Waals surface area (Å²) in [5, 5.41) is 10.9. The summed E-state index contributed by atoms with van der Waals surface area (Å²) in [6.07, 6.45) is 6.34. The van der Waals surface area contributed by atoms with Gasteiger partial charge < -0.3 is 5.11 Å². The molecule has 0 heterocycles. The van der Waals surface area contributed by atoms with E-state index in [0.29, 0.717) is 5.92 Å². The highest BCUT2D eigenvalue weighted by atomic mass is 35.5. The predicted molar refractivity (Wildman–Crippen MR) is 79.1 cm³/mol. The summed E-state index contributed by atoms with van der Waals surface area (Å²) in [4.78, 5) is 0. The molecule has 1 rings (SSSR count). The third kappa shape index (κ3) is 5.88. The monoisotopic (exact) mass is 268 g/mol. The van der Waals surface area contributed by atoms with Crippen molar-refractivity contribution >= 4 is 11.6 Å². The van der Waals surface area contributed by atoms with Gasteiger partial charge in [0, 0.05) is 5.02 Å². The van der Waals surface area contributed by atoms with Gasteiger partial charge in [0.2, 0.25) is 0 Å². The van der Waals surface area contributed by atoms with Crippen molar-refractivity contribution in [3.05, 3.63) is 34.9 Å². The van der Waals surface area contributed by atoms with Gasteiger partial charge in [-0.1, -0.05) is 63.3 Å². The first-order valence-corrected chi connectivity index (χ1v) is 7.46. The maximum Gasteiger partial charge on any atom is 0.0583 e. The van der Waals surface area contributed by atoms with Gasteiger partial charge in [-0.15, -0.1) is 0 Å². The molecule has 0 saturated carbocycles. The standard InChI is InChI=1S/C16H25ClO/c1-3-5-6-13(4-2)11-16(18)12-14-7-9-15(17)10-8-14/h7-10,13,16,18H,3-6,11-12H2,1-2H3. The van der Waals surface area contributed by atoms with E-state index in [1.54, 1.807) is 0 Å². The maximum atomic E-state index is 10.1. The molecule has 0 spiro atoms. The number of aliphatic hydroxyl groups is 1. The molecule has 1 nitrogen and oxygen atoms in total. The Morgan fingerprint density at radius 2 is 1.83 bits per heavy atom. The fraction of sp³-hybridized carbons (Fsp3) is 0.625. The fourth-order valence-electron chi connectivity index (χ4n) is 2.34. The Morgan fingerprint density at radius 1 is 1.17 bits per heavy atom. The van der Waals surface area contributed by atoms with Gasteiger partial charge in [-0.2, -0.15) is 0 Å². The minimum atomic E-state index is -0.229. The zero-order chi connectivity index (χ0) is 13.4. The van der Waals surface area contributed by atoms with Crippen LogP contribution in [0.25, 0.3) is 0 Å². The van der Waals surface area contributed by atoms with Crippen molar-refractivity contribution in [1.82, 2.24) is 0 Å². The molecule has 2 heteroatoms. The molecule has 0 aromatic heterocycles. The van der Waals surface area contributed by atoms with Crippen molar-refractivity contribution in [2.45, 2.75) is 58.5 Å². The van der Waals surface area contributed by atoms with Crippen LogP contribution in [0.3, 0.4) is 0 Å². The van der Waals surface area contributed by atoms with Crippen molar-refractivity contribution in [1.29, 1.82) is 0 Å². The Balaban J connectivity index is 2.39. The largest absolute Gasteiger partial charge is 0.393 e. The van der Waals surface area contributed by atoms with Gasteiger partial charge in [0.15, 0.2) is 0 Å². The second-order valence-electron chi connectivity index (χ2n) is 5.14. The Hall–Kier alpha value is -0.530. The quantitative estimate of drug-likeness (QED) is 0.715. The predicted octanol–water partition coefficient (Wildman–Crippen LogP) is 4.85. The molecule has 0 bridgehead atoms. The Kier molecular flexibility index (Phi) is 7.38. The first-order chi connectivity index (χ1) is 8.65. The molecular formula is C16H25ClO. The van der Waals surface area contributed by atoms with Gasteiger partial charge >= 0.3 is 0 Å². The van der Waals surface area contributed by atoms with Gasteiger partial charge in [-0.25, -0.2) is 0 Å². The van der Waals surface area contributed by atoms with E-state index < -0.39 is 0 Å². The van der Waals surface area contributed by atoms with Crippen LogP contribution in [0.2, 0.25) is 5.02 Å². The fourth-order valence-corrected chi connectivity index (χ4v) is 2.47. The van der Waals surface area contributed by atoms with Gasteiger partial charge in [0.1, 0.15) is 0 Å². The van der Waals surface area contributed by atoms with Crippen LogP contribution in [0.1, 0.15) is 51.5 Å². The number of rotatable bonds is 8. The minimum absolute atomic E-state index is 0.229. The molecule has 102 valence electrons. The molecule has 1 aromatic rings. The second-order valence-corrected chi connectivity index (χ2v) is 5.57. The van der Waals surface area contributed by atoms with Crippen LogP contribution in [-0.4, -0.2) is 11.2 Å².